The average Bonchev–Trinajstić information content (AvgIpc) is 3.68. The summed E-state index contributed by atoms with van der Waals surface area (Å²) in [6.07, 6.45) is -5.04. The van der Waals surface area contributed by atoms with E-state index in [1.54, 1.807) is 19.1 Å². The van der Waals surface area contributed by atoms with Crippen molar-refractivity contribution in [1.82, 2.24) is 5.16 Å². The summed E-state index contributed by atoms with van der Waals surface area (Å²) in [5, 5.41) is 16.0. The van der Waals surface area contributed by atoms with Crippen molar-refractivity contribution in [1.29, 1.82) is 0 Å². The molecule has 0 radical (unpaired) electrons. The highest BCUT2D eigenvalue weighted by Crippen LogP contribution is 2.48. The molecule has 2 N–H and O–H groups in total. The number of ether oxygens (including phenoxy) is 1. The summed E-state index contributed by atoms with van der Waals surface area (Å²) in [5.74, 6) is -0.509. The minimum Gasteiger partial charge on any atom is -0.481 e. The molecular formula is C30H25F3N2O5. The Hall–Kier alpha value is -4.60. The van der Waals surface area contributed by atoms with Crippen LogP contribution < -0.4 is 5.32 Å². The van der Waals surface area contributed by atoms with Crippen LogP contribution in [0.5, 0.6) is 0 Å². The first-order chi connectivity index (χ1) is 19.0. The number of carboxylic acid groups (broad SMARTS) is 1. The van der Waals surface area contributed by atoms with Gasteiger partial charge in [0.25, 0.3) is 0 Å². The number of alkyl halides is 3. The maximum Gasteiger partial charge on any atom is 0.416 e. The lowest BCUT2D eigenvalue weighted by Crippen LogP contribution is -2.19. The molecule has 0 aliphatic heterocycles. The molecule has 0 bridgehead atoms. The summed E-state index contributed by atoms with van der Waals surface area (Å²) in [6, 6.07) is 19.4. The number of aromatic nitrogens is 1. The molecule has 1 fully saturated rings. The van der Waals surface area contributed by atoms with E-state index in [0.29, 0.717) is 29.9 Å². The van der Waals surface area contributed by atoms with Crippen LogP contribution in [0.15, 0.2) is 77.3 Å². The lowest BCUT2D eigenvalue weighted by molar-refractivity contribution is -0.140. The van der Waals surface area contributed by atoms with Crippen LogP contribution in [-0.4, -0.2) is 22.3 Å². The third-order valence-electron chi connectivity index (χ3n) is 7.13. The quantitative estimate of drug-likeness (QED) is 0.244. The Morgan fingerprint density at radius 2 is 1.60 bits per heavy atom. The third-order valence-corrected chi connectivity index (χ3v) is 7.13. The van der Waals surface area contributed by atoms with Crippen LogP contribution in [0, 0.1) is 6.92 Å². The van der Waals surface area contributed by atoms with Crippen LogP contribution in [0.1, 0.15) is 48.3 Å². The second kappa shape index (κ2) is 10.2. The Morgan fingerprint density at radius 3 is 2.17 bits per heavy atom. The number of aryl methyl sites for hydroxylation is 1. The van der Waals surface area contributed by atoms with E-state index in [2.05, 4.69) is 10.5 Å². The SMILES string of the molecule is Cc1noc(-c2ccc(-c3ccc(C4(C(=O)O)CC4)cc3)cc2)c1NC(=O)OC(C)c1cccc(C(F)(F)F)c1. The van der Waals surface area contributed by atoms with Crippen molar-refractivity contribution >= 4 is 17.7 Å². The van der Waals surface area contributed by atoms with Crippen LogP contribution in [-0.2, 0) is 21.1 Å². The van der Waals surface area contributed by atoms with Gasteiger partial charge in [-0.3, -0.25) is 10.1 Å². The smallest absolute Gasteiger partial charge is 0.416 e. The van der Waals surface area contributed by atoms with Gasteiger partial charge in [0, 0.05) is 5.56 Å². The maximum absolute atomic E-state index is 13.0. The first kappa shape index (κ1) is 27.0. The van der Waals surface area contributed by atoms with Gasteiger partial charge in [0.05, 0.1) is 11.0 Å². The molecular weight excluding hydrogens is 525 g/mol. The van der Waals surface area contributed by atoms with E-state index in [0.717, 1.165) is 28.8 Å². The van der Waals surface area contributed by atoms with Crippen molar-refractivity contribution < 1.29 is 37.1 Å². The third kappa shape index (κ3) is 5.29. The van der Waals surface area contributed by atoms with Gasteiger partial charge in [-0.25, -0.2) is 4.79 Å². The van der Waals surface area contributed by atoms with Gasteiger partial charge in [-0.05, 0) is 61.1 Å². The second-order valence-electron chi connectivity index (χ2n) is 9.81. The zero-order valence-electron chi connectivity index (χ0n) is 21.6. The number of nitrogens with zero attached hydrogens (tertiary/aromatic N) is 1. The van der Waals surface area contributed by atoms with E-state index in [1.807, 2.05) is 36.4 Å². The molecule has 1 aliphatic rings. The highest BCUT2D eigenvalue weighted by atomic mass is 19.4. The first-order valence-electron chi connectivity index (χ1n) is 12.5. The molecule has 1 amide bonds. The largest absolute Gasteiger partial charge is 0.481 e. The fourth-order valence-electron chi connectivity index (χ4n) is 4.59. The summed E-state index contributed by atoms with van der Waals surface area (Å²) >= 11 is 0. The van der Waals surface area contributed by atoms with Crippen molar-refractivity contribution in [2.45, 2.75) is 44.4 Å². The summed E-state index contributed by atoms with van der Waals surface area (Å²) in [4.78, 5) is 24.2. The Kier molecular flexibility index (Phi) is 6.87. The van der Waals surface area contributed by atoms with E-state index >= 15 is 0 Å². The Morgan fingerprint density at radius 1 is 1.00 bits per heavy atom. The van der Waals surface area contributed by atoms with Crippen molar-refractivity contribution in [3.63, 3.8) is 0 Å². The molecule has 1 heterocycles. The van der Waals surface area contributed by atoms with Crippen molar-refractivity contribution in [3.8, 4) is 22.5 Å². The minimum atomic E-state index is -4.51. The monoisotopic (exact) mass is 550 g/mol. The number of amides is 1. The summed E-state index contributed by atoms with van der Waals surface area (Å²) in [5.41, 5.74) is 2.52. The molecule has 1 atom stereocenters. The van der Waals surface area contributed by atoms with Gasteiger partial charge in [0.2, 0.25) is 0 Å². The predicted octanol–water partition coefficient (Wildman–Crippen LogP) is 7.76. The number of aliphatic carboxylic acids is 1. The van der Waals surface area contributed by atoms with E-state index in [-0.39, 0.29) is 11.3 Å². The lowest BCUT2D eigenvalue weighted by Gasteiger charge is -2.16. The fourth-order valence-corrected chi connectivity index (χ4v) is 4.59. The number of halogens is 3. The van der Waals surface area contributed by atoms with Gasteiger partial charge in [0.15, 0.2) is 5.76 Å². The van der Waals surface area contributed by atoms with Gasteiger partial charge in [-0.1, -0.05) is 65.8 Å². The number of anilines is 1. The Labute approximate surface area is 227 Å². The molecule has 0 spiro atoms. The molecule has 40 heavy (non-hydrogen) atoms. The first-order valence-corrected chi connectivity index (χ1v) is 12.5. The lowest BCUT2D eigenvalue weighted by atomic mass is 9.93. The van der Waals surface area contributed by atoms with Gasteiger partial charge in [-0.15, -0.1) is 0 Å². The highest BCUT2D eigenvalue weighted by molar-refractivity contribution is 5.91. The predicted molar refractivity (Wildman–Crippen MR) is 141 cm³/mol. The van der Waals surface area contributed by atoms with Crippen molar-refractivity contribution in [2.24, 2.45) is 0 Å². The number of carboxylic acids is 1. The number of benzene rings is 3. The zero-order chi connectivity index (χ0) is 28.7. The van der Waals surface area contributed by atoms with E-state index in [1.165, 1.54) is 19.1 Å². The Bertz CT molecular complexity index is 1560. The topological polar surface area (TPSA) is 102 Å². The molecule has 0 saturated heterocycles. The normalized spacial score (nSPS) is 14.8. The highest BCUT2D eigenvalue weighted by Gasteiger charge is 2.51. The standard InChI is InChI=1S/C30H25F3N2O5/c1-17-25(34-28(38)39-18(2)22-4-3-5-24(16-22)30(31,32)33)26(40-35-17)21-8-6-19(7-9-21)20-10-12-23(13-11-20)29(14-15-29)27(36)37/h3-13,16,18H,14-15H2,1-2H3,(H,34,38)(H,36,37). The van der Waals surface area contributed by atoms with E-state index in [9.17, 15) is 27.9 Å². The number of carbonyl (C=O) groups is 2. The zero-order valence-corrected chi connectivity index (χ0v) is 21.6. The average molecular weight is 551 g/mol. The van der Waals surface area contributed by atoms with Crippen LogP contribution in [0.25, 0.3) is 22.5 Å². The molecule has 1 saturated carbocycles. The van der Waals surface area contributed by atoms with E-state index < -0.39 is 35.3 Å². The second-order valence-corrected chi connectivity index (χ2v) is 9.81. The molecule has 4 aromatic rings. The number of nitrogens with one attached hydrogen (secondary N) is 1. The van der Waals surface area contributed by atoms with Gasteiger partial charge >= 0.3 is 18.2 Å². The molecule has 10 heteroatoms. The van der Waals surface area contributed by atoms with E-state index in [4.69, 9.17) is 9.26 Å². The van der Waals surface area contributed by atoms with Crippen LogP contribution in [0.3, 0.4) is 0 Å². The number of hydrogen-bond donors (Lipinski definition) is 2. The van der Waals surface area contributed by atoms with Crippen LogP contribution in [0.2, 0.25) is 0 Å². The Balaban J connectivity index is 1.29. The minimum absolute atomic E-state index is 0.200. The molecule has 206 valence electrons. The van der Waals surface area contributed by atoms with Gasteiger partial charge in [-0.2, -0.15) is 13.2 Å². The summed E-state index contributed by atoms with van der Waals surface area (Å²) in [6.45, 7) is 3.12. The van der Waals surface area contributed by atoms with Gasteiger partial charge < -0.3 is 14.4 Å². The van der Waals surface area contributed by atoms with Crippen molar-refractivity contribution in [2.75, 3.05) is 5.32 Å². The fraction of sp³-hybridized carbons (Fsp3) is 0.233. The van der Waals surface area contributed by atoms with Crippen LogP contribution >= 0.6 is 0 Å². The van der Waals surface area contributed by atoms with Gasteiger partial charge in [0.1, 0.15) is 17.5 Å². The molecule has 7 nitrogen and oxygen atoms in total. The number of hydrogen-bond acceptors (Lipinski definition) is 5. The van der Waals surface area contributed by atoms with Crippen LogP contribution in [0.4, 0.5) is 23.7 Å². The summed E-state index contributed by atoms with van der Waals surface area (Å²) < 4.78 is 49.9. The molecule has 3 aromatic carbocycles. The number of rotatable bonds is 7. The van der Waals surface area contributed by atoms with Crippen molar-refractivity contribution in [3.05, 3.63) is 95.2 Å². The molecule has 1 aliphatic carbocycles. The molecule has 1 aromatic heterocycles. The maximum atomic E-state index is 13.0. The molecule has 1 unspecified atom stereocenters. The molecule has 5 rings (SSSR count). The summed E-state index contributed by atoms with van der Waals surface area (Å²) in [7, 11) is 0. The number of carbonyl (C=O) groups excluding carboxylic acids is 1.